The number of benzene rings is 2. The average molecular weight is 439 g/mol. The summed E-state index contributed by atoms with van der Waals surface area (Å²) in [5, 5.41) is 9.33. The highest BCUT2D eigenvalue weighted by molar-refractivity contribution is 7.15. The van der Waals surface area contributed by atoms with Crippen molar-refractivity contribution in [3.8, 4) is 16.3 Å². The SMILES string of the molecule is Cc1cc(CC(=O)O)cc(OCc2sc(-c3ccc(C(F)(F)F)c(F)c3)nc2C)c1. The van der Waals surface area contributed by atoms with Crippen LogP contribution in [0.25, 0.3) is 10.6 Å². The fourth-order valence-electron chi connectivity index (χ4n) is 2.90. The summed E-state index contributed by atoms with van der Waals surface area (Å²) in [6, 6.07) is 7.89. The molecule has 30 heavy (non-hydrogen) atoms. The van der Waals surface area contributed by atoms with Crippen LogP contribution < -0.4 is 4.74 Å². The van der Waals surface area contributed by atoms with E-state index in [4.69, 9.17) is 9.84 Å². The molecule has 4 nitrogen and oxygen atoms in total. The van der Waals surface area contributed by atoms with Gasteiger partial charge in [-0.1, -0.05) is 12.1 Å². The first kappa shape index (κ1) is 21.8. The minimum Gasteiger partial charge on any atom is -0.488 e. The van der Waals surface area contributed by atoms with Gasteiger partial charge in [-0.25, -0.2) is 9.37 Å². The molecule has 9 heteroatoms. The summed E-state index contributed by atoms with van der Waals surface area (Å²) in [5.41, 5.74) is 1.01. The second kappa shape index (κ2) is 8.43. The van der Waals surface area contributed by atoms with E-state index in [1.165, 1.54) is 17.4 Å². The number of carbonyl (C=O) groups is 1. The van der Waals surface area contributed by atoms with Crippen molar-refractivity contribution < 1.29 is 32.2 Å². The zero-order valence-corrected chi connectivity index (χ0v) is 16.8. The molecule has 3 aromatic rings. The highest BCUT2D eigenvalue weighted by Crippen LogP contribution is 2.35. The number of hydrogen-bond acceptors (Lipinski definition) is 4. The topological polar surface area (TPSA) is 59.4 Å². The van der Waals surface area contributed by atoms with E-state index >= 15 is 0 Å². The van der Waals surface area contributed by atoms with Crippen molar-refractivity contribution in [2.45, 2.75) is 33.1 Å². The van der Waals surface area contributed by atoms with Crippen molar-refractivity contribution in [3.63, 3.8) is 0 Å². The standard InChI is InChI=1S/C21H17F4NO3S/c1-11-5-13(8-19(27)28)7-15(6-11)29-10-18-12(2)26-20(30-18)14-3-4-16(17(22)9-14)21(23,24)25/h3-7,9H,8,10H2,1-2H3,(H,27,28). The Hall–Kier alpha value is -2.94. The number of aryl methyl sites for hydroxylation is 2. The second-order valence-electron chi connectivity index (χ2n) is 6.73. The van der Waals surface area contributed by atoms with Gasteiger partial charge in [0.05, 0.1) is 22.6 Å². The lowest BCUT2D eigenvalue weighted by Gasteiger charge is -2.08. The van der Waals surface area contributed by atoms with Crippen molar-refractivity contribution in [1.82, 2.24) is 4.98 Å². The lowest BCUT2D eigenvalue weighted by molar-refractivity contribution is -0.140. The molecule has 0 saturated carbocycles. The molecule has 2 aromatic carbocycles. The zero-order chi connectivity index (χ0) is 22.1. The number of hydrogen-bond donors (Lipinski definition) is 1. The third kappa shape index (κ3) is 5.15. The van der Waals surface area contributed by atoms with E-state index in [2.05, 4.69) is 4.98 Å². The number of aliphatic carboxylic acids is 1. The first-order valence-electron chi connectivity index (χ1n) is 8.81. The summed E-state index contributed by atoms with van der Waals surface area (Å²) in [4.78, 5) is 16.0. The van der Waals surface area contributed by atoms with E-state index in [0.717, 1.165) is 16.5 Å². The summed E-state index contributed by atoms with van der Waals surface area (Å²) in [6.45, 7) is 3.70. The zero-order valence-electron chi connectivity index (χ0n) is 16.0. The fourth-order valence-corrected chi connectivity index (χ4v) is 3.87. The Morgan fingerprint density at radius 2 is 1.90 bits per heavy atom. The highest BCUT2D eigenvalue weighted by atomic mass is 32.1. The van der Waals surface area contributed by atoms with E-state index in [9.17, 15) is 22.4 Å². The second-order valence-corrected chi connectivity index (χ2v) is 7.82. The van der Waals surface area contributed by atoms with Crippen LogP contribution in [0.4, 0.5) is 17.6 Å². The smallest absolute Gasteiger partial charge is 0.419 e. The van der Waals surface area contributed by atoms with Crippen molar-refractivity contribution in [3.05, 3.63) is 69.5 Å². The van der Waals surface area contributed by atoms with Gasteiger partial charge in [0.2, 0.25) is 0 Å². The van der Waals surface area contributed by atoms with Gasteiger partial charge in [-0.3, -0.25) is 4.79 Å². The van der Waals surface area contributed by atoms with Crippen molar-refractivity contribution >= 4 is 17.3 Å². The summed E-state index contributed by atoms with van der Waals surface area (Å²) < 4.78 is 57.8. The van der Waals surface area contributed by atoms with Crippen LogP contribution in [0.2, 0.25) is 0 Å². The normalized spacial score (nSPS) is 11.5. The number of thiazole rings is 1. The summed E-state index contributed by atoms with van der Waals surface area (Å²) in [5.74, 6) is -1.80. The van der Waals surface area contributed by atoms with E-state index in [1.807, 2.05) is 6.92 Å². The Morgan fingerprint density at radius 3 is 2.53 bits per heavy atom. The molecule has 0 bridgehead atoms. The van der Waals surface area contributed by atoms with Gasteiger partial charge in [-0.2, -0.15) is 13.2 Å². The van der Waals surface area contributed by atoms with Crippen LogP contribution in [0.1, 0.15) is 27.3 Å². The van der Waals surface area contributed by atoms with Gasteiger partial charge in [0.15, 0.2) is 0 Å². The quantitative estimate of drug-likeness (QED) is 0.494. The first-order valence-corrected chi connectivity index (χ1v) is 9.63. The molecule has 3 rings (SSSR count). The molecule has 1 aromatic heterocycles. The molecule has 0 unspecified atom stereocenters. The lowest BCUT2D eigenvalue weighted by atomic mass is 10.1. The van der Waals surface area contributed by atoms with Gasteiger partial charge in [-0.05, 0) is 49.2 Å². The molecule has 0 atom stereocenters. The predicted octanol–water partition coefficient (Wildman–Crippen LogP) is 5.79. The van der Waals surface area contributed by atoms with E-state index < -0.39 is 23.5 Å². The number of aromatic nitrogens is 1. The lowest BCUT2D eigenvalue weighted by Crippen LogP contribution is -2.07. The molecule has 158 valence electrons. The molecule has 0 aliphatic rings. The molecule has 0 radical (unpaired) electrons. The Bertz CT molecular complexity index is 1090. The number of carboxylic acid groups (broad SMARTS) is 1. The number of alkyl halides is 3. The van der Waals surface area contributed by atoms with Crippen LogP contribution in [0.5, 0.6) is 5.75 Å². The van der Waals surface area contributed by atoms with Crippen molar-refractivity contribution in [2.75, 3.05) is 0 Å². The summed E-state index contributed by atoms with van der Waals surface area (Å²) >= 11 is 1.19. The van der Waals surface area contributed by atoms with Gasteiger partial charge >= 0.3 is 12.1 Å². The Balaban J connectivity index is 1.78. The summed E-state index contributed by atoms with van der Waals surface area (Å²) in [6.07, 6.45) is -4.88. The number of nitrogens with zero attached hydrogens (tertiary/aromatic N) is 1. The molecule has 0 aliphatic heterocycles. The van der Waals surface area contributed by atoms with Crippen LogP contribution in [0.15, 0.2) is 36.4 Å². The molecule has 1 heterocycles. The minimum atomic E-state index is -4.76. The molecule has 1 N–H and O–H groups in total. The molecule has 0 saturated heterocycles. The maximum Gasteiger partial charge on any atom is 0.419 e. The third-order valence-corrected chi connectivity index (χ3v) is 5.43. The third-order valence-electron chi connectivity index (χ3n) is 4.25. The number of carboxylic acids is 1. The van der Waals surface area contributed by atoms with E-state index in [0.29, 0.717) is 28.1 Å². The Morgan fingerprint density at radius 1 is 1.17 bits per heavy atom. The minimum absolute atomic E-state index is 0.124. The van der Waals surface area contributed by atoms with Gasteiger partial charge in [0.1, 0.15) is 23.2 Å². The van der Waals surface area contributed by atoms with Crippen molar-refractivity contribution in [1.29, 1.82) is 0 Å². The van der Waals surface area contributed by atoms with Gasteiger partial charge in [0, 0.05) is 5.56 Å². The monoisotopic (exact) mass is 439 g/mol. The van der Waals surface area contributed by atoms with E-state index in [1.54, 1.807) is 25.1 Å². The molecular weight excluding hydrogens is 422 g/mol. The van der Waals surface area contributed by atoms with Crippen LogP contribution >= 0.6 is 11.3 Å². The molecule has 0 fully saturated rings. The van der Waals surface area contributed by atoms with Crippen LogP contribution in [-0.2, 0) is 24.0 Å². The largest absolute Gasteiger partial charge is 0.488 e. The van der Waals surface area contributed by atoms with E-state index in [-0.39, 0.29) is 18.6 Å². The Labute approximate surface area is 173 Å². The van der Waals surface area contributed by atoms with Crippen LogP contribution in [-0.4, -0.2) is 16.1 Å². The van der Waals surface area contributed by atoms with Gasteiger partial charge < -0.3 is 9.84 Å². The maximum absolute atomic E-state index is 13.9. The fraction of sp³-hybridized carbons (Fsp3) is 0.238. The number of ether oxygens (including phenoxy) is 1. The van der Waals surface area contributed by atoms with Crippen LogP contribution in [0, 0.1) is 19.7 Å². The maximum atomic E-state index is 13.9. The number of rotatable bonds is 6. The molecule has 0 spiro atoms. The van der Waals surface area contributed by atoms with Crippen molar-refractivity contribution in [2.24, 2.45) is 0 Å². The van der Waals surface area contributed by atoms with Gasteiger partial charge in [0.25, 0.3) is 0 Å². The summed E-state index contributed by atoms with van der Waals surface area (Å²) in [7, 11) is 0. The molecule has 0 aliphatic carbocycles. The Kier molecular flexibility index (Phi) is 6.12. The molecular formula is C21H17F4NO3S. The number of halogens is 4. The van der Waals surface area contributed by atoms with Gasteiger partial charge in [-0.15, -0.1) is 11.3 Å². The average Bonchev–Trinajstić information content (AvgIpc) is 2.98. The predicted molar refractivity (Wildman–Crippen MR) is 104 cm³/mol. The highest BCUT2D eigenvalue weighted by Gasteiger charge is 2.34. The van der Waals surface area contributed by atoms with Crippen LogP contribution in [0.3, 0.4) is 0 Å². The molecule has 0 amide bonds. The first-order chi connectivity index (χ1) is 14.0.